The monoisotopic (exact) mass is 562 g/mol. The van der Waals surface area contributed by atoms with Crippen molar-refractivity contribution in [1.82, 2.24) is 5.32 Å². The van der Waals surface area contributed by atoms with Gasteiger partial charge in [0.1, 0.15) is 6.54 Å². The Labute approximate surface area is 213 Å². The molecule has 2 unspecified atom stereocenters. The lowest BCUT2D eigenvalue weighted by atomic mass is 9.96. The van der Waals surface area contributed by atoms with Crippen molar-refractivity contribution < 1.29 is 26.3 Å². The molecular weight excluding hydrogens is 545 g/mol. The van der Waals surface area contributed by atoms with Crippen LogP contribution in [-0.4, -0.2) is 29.9 Å². The van der Waals surface area contributed by atoms with Crippen LogP contribution in [0, 0.1) is 6.92 Å². The lowest BCUT2D eigenvalue weighted by Crippen LogP contribution is -2.40. The van der Waals surface area contributed by atoms with E-state index in [1.807, 2.05) is 0 Å². The van der Waals surface area contributed by atoms with Gasteiger partial charge in [-0.05, 0) is 54.8 Å². The standard InChI is InChI=1S/C22H19Cl3F6N2S/c1-11-7-13(4-6-18(11)33-12(2)20(34)32-10-21(26,27)28)3-5-15(22(29,30)31)14-8-16(23)19(25)17(24)9-14/h3-9,12,15,33H,10H2,1-2H3,(H,32,34)/b5-3+. The molecule has 0 aliphatic carbocycles. The van der Waals surface area contributed by atoms with Gasteiger partial charge in [0.2, 0.25) is 0 Å². The van der Waals surface area contributed by atoms with E-state index in [2.05, 4.69) is 10.6 Å². The van der Waals surface area contributed by atoms with E-state index in [-0.39, 0.29) is 25.6 Å². The summed E-state index contributed by atoms with van der Waals surface area (Å²) in [6, 6.07) is 6.44. The molecule has 186 valence electrons. The van der Waals surface area contributed by atoms with Gasteiger partial charge in [0, 0.05) is 5.69 Å². The fourth-order valence-corrected chi connectivity index (χ4v) is 3.71. The van der Waals surface area contributed by atoms with Gasteiger partial charge in [-0.15, -0.1) is 0 Å². The van der Waals surface area contributed by atoms with Crippen LogP contribution in [0.2, 0.25) is 15.1 Å². The van der Waals surface area contributed by atoms with Gasteiger partial charge in [0.05, 0.1) is 32.0 Å². The summed E-state index contributed by atoms with van der Waals surface area (Å²) in [6.07, 6.45) is -6.71. The van der Waals surface area contributed by atoms with E-state index in [4.69, 9.17) is 47.0 Å². The molecule has 0 radical (unpaired) electrons. The number of rotatable bonds is 7. The Balaban J connectivity index is 2.19. The van der Waals surface area contributed by atoms with E-state index in [1.165, 1.54) is 6.08 Å². The van der Waals surface area contributed by atoms with Crippen LogP contribution >= 0.6 is 47.0 Å². The van der Waals surface area contributed by atoms with Gasteiger partial charge in [-0.3, -0.25) is 0 Å². The normalized spacial score (nSPS) is 14.2. The third-order valence-corrected chi connectivity index (χ3v) is 6.37. The van der Waals surface area contributed by atoms with Crippen LogP contribution in [0.1, 0.15) is 29.5 Å². The van der Waals surface area contributed by atoms with Crippen LogP contribution in [0.25, 0.3) is 6.08 Å². The van der Waals surface area contributed by atoms with Gasteiger partial charge < -0.3 is 10.6 Å². The molecule has 2 nitrogen and oxygen atoms in total. The second kappa shape index (κ2) is 11.4. The minimum Gasteiger partial charge on any atom is -0.376 e. The molecule has 2 N–H and O–H groups in total. The number of hydrogen-bond donors (Lipinski definition) is 2. The number of alkyl halides is 6. The van der Waals surface area contributed by atoms with Crippen LogP contribution in [0.4, 0.5) is 32.0 Å². The van der Waals surface area contributed by atoms with E-state index in [0.717, 1.165) is 18.2 Å². The van der Waals surface area contributed by atoms with Crippen molar-refractivity contribution in [3.8, 4) is 0 Å². The second-order valence-electron chi connectivity index (χ2n) is 7.45. The van der Waals surface area contributed by atoms with Crippen molar-refractivity contribution in [2.45, 2.75) is 38.2 Å². The first-order valence-electron chi connectivity index (χ1n) is 9.69. The zero-order valence-corrected chi connectivity index (χ0v) is 20.8. The molecule has 0 heterocycles. The maximum atomic E-state index is 13.7. The lowest BCUT2D eigenvalue weighted by molar-refractivity contribution is -0.139. The molecule has 2 atom stereocenters. The molecule has 2 rings (SSSR count). The first-order chi connectivity index (χ1) is 15.6. The van der Waals surface area contributed by atoms with Crippen LogP contribution in [-0.2, 0) is 0 Å². The van der Waals surface area contributed by atoms with E-state index in [1.54, 1.807) is 32.0 Å². The van der Waals surface area contributed by atoms with Crippen molar-refractivity contribution in [1.29, 1.82) is 0 Å². The number of thiocarbonyl (C=S) groups is 1. The Kier molecular flexibility index (Phi) is 9.55. The number of nitrogens with one attached hydrogen (secondary N) is 2. The van der Waals surface area contributed by atoms with E-state index in [9.17, 15) is 26.3 Å². The van der Waals surface area contributed by atoms with Gasteiger partial charge in [0.15, 0.2) is 0 Å². The minimum absolute atomic E-state index is 0.0194. The maximum absolute atomic E-state index is 13.7. The zero-order chi connectivity index (χ0) is 25.8. The first kappa shape index (κ1) is 28.6. The third-order valence-electron chi connectivity index (χ3n) is 4.68. The molecule has 0 fully saturated rings. The molecular formula is C22H19Cl3F6N2S. The summed E-state index contributed by atoms with van der Waals surface area (Å²) < 4.78 is 78.1. The fourth-order valence-electron chi connectivity index (χ4n) is 2.96. The fraction of sp³-hybridized carbons (Fsp3) is 0.318. The molecule has 0 bridgehead atoms. The number of aryl methyl sites for hydroxylation is 1. The van der Waals surface area contributed by atoms with E-state index < -0.39 is 30.9 Å². The Bertz CT molecular complexity index is 1050. The lowest BCUT2D eigenvalue weighted by Gasteiger charge is -2.20. The Morgan fingerprint density at radius 2 is 1.62 bits per heavy atom. The van der Waals surface area contributed by atoms with Crippen molar-refractivity contribution >= 4 is 63.8 Å². The molecule has 0 aliphatic rings. The van der Waals surface area contributed by atoms with Crippen molar-refractivity contribution in [3.05, 3.63) is 68.2 Å². The third kappa shape index (κ3) is 8.22. The summed E-state index contributed by atoms with van der Waals surface area (Å²) >= 11 is 22.6. The Morgan fingerprint density at radius 1 is 1.03 bits per heavy atom. The molecule has 0 aromatic heterocycles. The highest BCUT2D eigenvalue weighted by Crippen LogP contribution is 2.41. The van der Waals surface area contributed by atoms with E-state index in [0.29, 0.717) is 16.8 Å². The van der Waals surface area contributed by atoms with Crippen LogP contribution in [0.5, 0.6) is 0 Å². The van der Waals surface area contributed by atoms with Crippen molar-refractivity contribution in [2.75, 3.05) is 11.9 Å². The second-order valence-corrected chi connectivity index (χ2v) is 9.08. The number of hydrogen-bond acceptors (Lipinski definition) is 2. The molecule has 2 aromatic carbocycles. The van der Waals surface area contributed by atoms with Crippen molar-refractivity contribution in [2.24, 2.45) is 0 Å². The largest absolute Gasteiger partial charge is 0.405 e. The Hall–Kier alpha value is -1.68. The van der Waals surface area contributed by atoms with Crippen LogP contribution < -0.4 is 10.6 Å². The average molecular weight is 564 g/mol. The van der Waals surface area contributed by atoms with Gasteiger partial charge in [-0.1, -0.05) is 65.2 Å². The van der Waals surface area contributed by atoms with Crippen LogP contribution in [0.15, 0.2) is 36.4 Å². The van der Waals surface area contributed by atoms with Crippen molar-refractivity contribution in [3.63, 3.8) is 0 Å². The van der Waals surface area contributed by atoms with E-state index >= 15 is 0 Å². The number of allylic oxidation sites excluding steroid dienone is 1. The SMILES string of the molecule is Cc1cc(/C=C/C(c2cc(Cl)c(Cl)c(Cl)c2)C(F)(F)F)ccc1NC(C)C(=S)NCC(F)(F)F. The van der Waals surface area contributed by atoms with Gasteiger partial charge in [-0.2, -0.15) is 26.3 Å². The highest BCUT2D eigenvalue weighted by atomic mass is 35.5. The highest BCUT2D eigenvalue weighted by molar-refractivity contribution is 7.80. The van der Waals surface area contributed by atoms with Gasteiger partial charge >= 0.3 is 12.4 Å². The predicted molar refractivity (Wildman–Crippen MR) is 130 cm³/mol. The smallest absolute Gasteiger partial charge is 0.376 e. The van der Waals surface area contributed by atoms with Crippen LogP contribution in [0.3, 0.4) is 0 Å². The predicted octanol–water partition coefficient (Wildman–Crippen LogP) is 8.59. The summed E-state index contributed by atoms with van der Waals surface area (Å²) in [6.45, 7) is 2.05. The number of halogens is 9. The Morgan fingerprint density at radius 3 is 2.12 bits per heavy atom. The maximum Gasteiger partial charge on any atom is 0.405 e. The average Bonchev–Trinajstić information content (AvgIpc) is 2.70. The topological polar surface area (TPSA) is 24.1 Å². The summed E-state index contributed by atoms with van der Waals surface area (Å²) in [5, 5.41) is 4.93. The molecule has 0 amide bonds. The molecule has 0 saturated carbocycles. The number of benzene rings is 2. The molecule has 12 heteroatoms. The molecule has 34 heavy (non-hydrogen) atoms. The molecule has 0 saturated heterocycles. The summed E-state index contributed by atoms with van der Waals surface area (Å²) in [4.78, 5) is -0.0194. The highest BCUT2D eigenvalue weighted by Gasteiger charge is 2.39. The van der Waals surface area contributed by atoms with Gasteiger partial charge in [0.25, 0.3) is 0 Å². The number of anilines is 1. The zero-order valence-electron chi connectivity index (χ0n) is 17.7. The quantitative estimate of drug-likeness (QED) is 0.200. The minimum atomic E-state index is -4.61. The summed E-state index contributed by atoms with van der Waals surface area (Å²) in [5.41, 5.74) is 1.55. The summed E-state index contributed by atoms with van der Waals surface area (Å²) in [7, 11) is 0. The first-order valence-corrected chi connectivity index (χ1v) is 11.2. The summed E-state index contributed by atoms with van der Waals surface area (Å²) in [5.74, 6) is -1.98. The molecule has 2 aromatic rings. The molecule has 0 spiro atoms. The molecule has 0 aliphatic heterocycles. The van der Waals surface area contributed by atoms with Gasteiger partial charge in [-0.25, -0.2) is 0 Å².